The molecule has 0 spiro atoms. The Balaban J connectivity index is 3.39. The summed E-state index contributed by atoms with van der Waals surface area (Å²) in [4.78, 5) is 17.3. The highest BCUT2D eigenvalue weighted by Gasteiger charge is 2.19. The van der Waals surface area contributed by atoms with E-state index in [0.29, 0.717) is 6.61 Å². The Kier molecular flexibility index (Phi) is 13.5. The van der Waals surface area contributed by atoms with Crippen molar-refractivity contribution in [3.05, 3.63) is 0 Å². The van der Waals surface area contributed by atoms with E-state index in [-0.39, 0.29) is 12.7 Å². The molecule has 0 aliphatic carbocycles. The van der Waals surface area contributed by atoms with E-state index in [9.17, 15) is 4.57 Å². The largest absolute Gasteiger partial charge is 0.469 e. The maximum atomic E-state index is 10.6. The first-order chi connectivity index (χ1) is 10.3. The SMILES string of the molecule is CCCCCCCCCOCC(C)OCC(C)OP(=O)(O)O. The van der Waals surface area contributed by atoms with E-state index >= 15 is 0 Å². The molecule has 0 saturated heterocycles. The van der Waals surface area contributed by atoms with E-state index in [2.05, 4.69) is 11.4 Å². The van der Waals surface area contributed by atoms with Crippen molar-refractivity contribution in [2.75, 3.05) is 19.8 Å². The molecule has 0 aromatic carbocycles. The number of hydrogen-bond donors (Lipinski definition) is 2. The van der Waals surface area contributed by atoms with Crippen LogP contribution < -0.4 is 0 Å². The number of phosphoric ester groups is 1. The highest BCUT2D eigenvalue weighted by Crippen LogP contribution is 2.37. The second-order valence-corrected chi connectivity index (χ2v) is 6.94. The molecule has 6 nitrogen and oxygen atoms in total. The summed E-state index contributed by atoms with van der Waals surface area (Å²) in [6.45, 7) is 7.00. The lowest BCUT2D eigenvalue weighted by molar-refractivity contribution is -0.0362. The van der Waals surface area contributed by atoms with Gasteiger partial charge in [0.2, 0.25) is 0 Å². The monoisotopic (exact) mass is 340 g/mol. The number of hydrogen-bond acceptors (Lipinski definition) is 4. The summed E-state index contributed by atoms with van der Waals surface area (Å²) in [5.74, 6) is 0. The molecule has 0 aliphatic heterocycles. The third kappa shape index (κ3) is 16.4. The molecule has 0 rings (SSSR count). The Hall–Kier alpha value is 0.0300. The molecule has 134 valence electrons. The standard InChI is InChI=1S/C15H33O6P/c1-4-5-6-7-8-9-10-11-19-12-14(2)20-13-15(3)21-22(16,17)18/h14-15H,4-13H2,1-3H3,(H2,16,17,18). The Labute approximate surface area is 134 Å². The van der Waals surface area contributed by atoms with Crippen LogP contribution in [0.2, 0.25) is 0 Å². The first-order valence-corrected chi connectivity index (χ1v) is 9.81. The van der Waals surface area contributed by atoms with Crippen molar-refractivity contribution in [3.63, 3.8) is 0 Å². The van der Waals surface area contributed by atoms with Crippen molar-refractivity contribution >= 4 is 7.82 Å². The predicted molar refractivity (Wildman–Crippen MR) is 86.8 cm³/mol. The van der Waals surface area contributed by atoms with Gasteiger partial charge in [-0.25, -0.2) is 4.57 Å². The zero-order chi connectivity index (χ0) is 16.8. The Bertz CT molecular complexity index is 294. The van der Waals surface area contributed by atoms with Crippen LogP contribution in [-0.4, -0.2) is 41.8 Å². The van der Waals surface area contributed by atoms with Crippen molar-refractivity contribution < 1.29 is 28.3 Å². The number of unbranched alkanes of at least 4 members (excludes halogenated alkanes) is 6. The minimum atomic E-state index is -4.44. The van der Waals surface area contributed by atoms with Crippen LogP contribution in [0.3, 0.4) is 0 Å². The van der Waals surface area contributed by atoms with E-state index in [4.69, 9.17) is 19.3 Å². The summed E-state index contributed by atoms with van der Waals surface area (Å²) < 4.78 is 26.1. The second-order valence-electron chi connectivity index (χ2n) is 5.75. The van der Waals surface area contributed by atoms with Gasteiger partial charge in [0.15, 0.2) is 0 Å². The summed E-state index contributed by atoms with van der Waals surface area (Å²) >= 11 is 0. The molecule has 0 aliphatic rings. The van der Waals surface area contributed by atoms with Crippen LogP contribution in [0.25, 0.3) is 0 Å². The molecule has 7 heteroatoms. The normalized spacial score (nSPS) is 15.0. The van der Waals surface area contributed by atoms with Crippen LogP contribution in [0.5, 0.6) is 0 Å². The van der Waals surface area contributed by atoms with Crippen LogP contribution >= 0.6 is 7.82 Å². The van der Waals surface area contributed by atoms with Gasteiger partial charge < -0.3 is 19.3 Å². The molecular weight excluding hydrogens is 307 g/mol. The Morgan fingerprint density at radius 2 is 1.50 bits per heavy atom. The number of rotatable bonds is 15. The minimum absolute atomic E-state index is 0.118. The predicted octanol–water partition coefficient (Wildman–Crippen LogP) is 3.66. The highest BCUT2D eigenvalue weighted by molar-refractivity contribution is 7.46. The fourth-order valence-electron chi connectivity index (χ4n) is 2.02. The lowest BCUT2D eigenvalue weighted by Crippen LogP contribution is -2.23. The van der Waals surface area contributed by atoms with Gasteiger partial charge in [-0.1, -0.05) is 45.4 Å². The average molecular weight is 340 g/mol. The molecule has 2 N–H and O–H groups in total. The van der Waals surface area contributed by atoms with Gasteiger partial charge in [0.1, 0.15) is 0 Å². The Morgan fingerprint density at radius 1 is 0.909 bits per heavy atom. The summed E-state index contributed by atoms with van der Waals surface area (Å²) in [6, 6.07) is 0. The smallest absolute Gasteiger partial charge is 0.379 e. The molecule has 0 saturated carbocycles. The van der Waals surface area contributed by atoms with Crippen molar-refractivity contribution in [1.29, 1.82) is 0 Å². The third-order valence-corrected chi connectivity index (χ3v) is 3.81. The van der Waals surface area contributed by atoms with Crippen LogP contribution in [0.4, 0.5) is 0 Å². The number of phosphoric acid groups is 1. The maximum Gasteiger partial charge on any atom is 0.469 e. The summed E-state index contributed by atoms with van der Waals surface area (Å²) in [6.07, 6.45) is 8.02. The van der Waals surface area contributed by atoms with Crippen molar-refractivity contribution in [2.45, 2.75) is 77.9 Å². The van der Waals surface area contributed by atoms with Gasteiger partial charge in [0, 0.05) is 6.61 Å². The summed E-state index contributed by atoms with van der Waals surface area (Å²) in [5, 5.41) is 0. The highest BCUT2D eigenvalue weighted by atomic mass is 31.2. The van der Waals surface area contributed by atoms with Crippen molar-refractivity contribution in [3.8, 4) is 0 Å². The Morgan fingerprint density at radius 3 is 2.09 bits per heavy atom. The second kappa shape index (κ2) is 13.5. The molecular formula is C15H33O6P. The quantitative estimate of drug-likeness (QED) is 0.349. The van der Waals surface area contributed by atoms with Crippen LogP contribution in [0.15, 0.2) is 0 Å². The minimum Gasteiger partial charge on any atom is -0.379 e. The van der Waals surface area contributed by atoms with Crippen LogP contribution in [0.1, 0.15) is 65.7 Å². The van der Waals surface area contributed by atoms with Crippen molar-refractivity contribution in [1.82, 2.24) is 0 Å². The van der Waals surface area contributed by atoms with Gasteiger partial charge >= 0.3 is 7.82 Å². The molecule has 0 aromatic heterocycles. The van der Waals surface area contributed by atoms with Gasteiger partial charge in [-0.3, -0.25) is 4.52 Å². The lowest BCUT2D eigenvalue weighted by atomic mass is 10.1. The fourth-order valence-corrected chi connectivity index (χ4v) is 2.55. The van der Waals surface area contributed by atoms with E-state index in [1.54, 1.807) is 6.92 Å². The third-order valence-electron chi connectivity index (χ3n) is 3.18. The van der Waals surface area contributed by atoms with Crippen LogP contribution in [0, 0.1) is 0 Å². The molecule has 0 heterocycles. The van der Waals surface area contributed by atoms with E-state index in [1.165, 1.54) is 38.5 Å². The molecule has 0 radical (unpaired) electrons. The van der Waals surface area contributed by atoms with Gasteiger partial charge in [0.25, 0.3) is 0 Å². The first-order valence-electron chi connectivity index (χ1n) is 8.28. The van der Waals surface area contributed by atoms with Crippen LogP contribution in [-0.2, 0) is 18.6 Å². The molecule has 0 bridgehead atoms. The van der Waals surface area contributed by atoms with E-state index < -0.39 is 13.9 Å². The average Bonchev–Trinajstić information content (AvgIpc) is 2.41. The molecule has 2 atom stereocenters. The molecule has 0 fully saturated rings. The number of ether oxygens (including phenoxy) is 2. The zero-order valence-electron chi connectivity index (χ0n) is 14.2. The van der Waals surface area contributed by atoms with Crippen molar-refractivity contribution in [2.24, 2.45) is 0 Å². The topological polar surface area (TPSA) is 85.2 Å². The lowest BCUT2D eigenvalue weighted by Gasteiger charge is -2.18. The summed E-state index contributed by atoms with van der Waals surface area (Å²) in [7, 11) is -4.44. The first kappa shape index (κ1) is 22.0. The van der Waals surface area contributed by atoms with Gasteiger partial charge in [0.05, 0.1) is 25.4 Å². The molecule has 2 unspecified atom stereocenters. The molecule has 22 heavy (non-hydrogen) atoms. The van der Waals surface area contributed by atoms with Gasteiger partial charge in [-0.2, -0.15) is 0 Å². The fraction of sp³-hybridized carbons (Fsp3) is 1.00. The van der Waals surface area contributed by atoms with Gasteiger partial charge in [-0.05, 0) is 20.3 Å². The summed E-state index contributed by atoms with van der Waals surface area (Å²) in [5.41, 5.74) is 0. The maximum absolute atomic E-state index is 10.6. The molecule has 0 amide bonds. The zero-order valence-corrected chi connectivity index (χ0v) is 15.1. The van der Waals surface area contributed by atoms with E-state index in [0.717, 1.165) is 13.0 Å². The van der Waals surface area contributed by atoms with Gasteiger partial charge in [-0.15, -0.1) is 0 Å². The van der Waals surface area contributed by atoms with E-state index in [1.807, 2.05) is 6.92 Å². The molecule has 0 aromatic rings.